The summed E-state index contributed by atoms with van der Waals surface area (Å²) in [5.74, 6) is 1.94. The smallest absolute Gasteiger partial charge is 0.165 e. The van der Waals surface area contributed by atoms with E-state index in [2.05, 4.69) is 200 Å². The van der Waals surface area contributed by atoms with Gasteiger partial charge >= 0.3 is 0 Å². The minimum Gasteiger partial charge on any atom is -0.208 e. The minimum absolute atomic E-state index is 0.632. The number of nitrogens with zero attached hydrogens (tertiary/aromatic N) is 3. The Labute approximate surface area is 354 Å². The summed E-state index contributed by atoms with van der Waals surface area (Å²) in [6.45, 7) is 0. The molecule has 0 fully saturated rings. The van der Waals surface area contributed by atoms with E-state index in [0.29, 0.717) is 17.5 Å². The monoisotopic (exact) mass is 799 g/mol. The number of thiophene rings is 2. The quantitative estimate of drug-likeness (QED) is 0.168. The van der Waals surface area contributed by atoms with Gasteiger partial charge in [0.1, 0.15) is 0 Å². The van der Waals surface area contributed by atoms with E-state index in [4.69, 9.17) is 15.0 Å². The molecule has 3 heterocycles. The lowest BCUT2D eigenvalue weighted by molar-refractivity contribution is 1.08. The van der Waals surface area contributed by atoms with Crippen LogP contribution in [0.5, 0.6) is 0 Å². The molecule has 60 heavy (non-hydrogen) atoms. The molecule has 0 spiro atoms. The molecule has 0 N–H and O–H groups in total. The van der Waals surface area contributed by atoms with Crippen LogP contribution in [0.1, 0.15) is 0 Å². The van der Waals surface area contributed by atoms with Gasteiger partial charge in [0.25, 0.3) is 0 Å². The Hall–Kier alpha value is -7.31. The molecular formula is C55H33N3S2. The zero-order valence-corrected chi connectivity index (χ0v) is 33.8. The molecule has 9 aromatic carbocycles. The van der Waals surface area contributed by atoms with Gasteiger partial charge < -0.3 is 0 Å². The van der Waals surface area contributed by atoms with Crippen molar-refractivity contribution in [3.05, 3.63) is 200 Å². The summed E-state index contributed by atoms with van der Waals surface area (Å²) in [6.07, 6.45) is 0. The largest absolute Gasteiger partial charge is 0.208 e. The molecule has 3 aromatic heterocycles. The van der Waals surface area contributed by atoms with Gasteiger partial charge in [-0.15, -0.1) is 22.7 Å². The molecule has 280 valence electrons. The maximum atomic E-state index is 5.59. The van der Waals surface area contributed by atoms with E-state index in [-0.39, 0.29) is 0 Å². The van der Waals surface area contributed by atoms with Gasteiger partial charge in [0, 0.05) is 57.0 Å². The second kappa shape index (κ2) is 14.2. The molecule has 0 aliphatic heterocycles. The van der Waals surface area contributed by atoms with Crippen molar-refractivity contribution >= 4 is 73.8 Å². The highest BCUT2D eigenvalue weighted by Gasteiger charge is 2.24. The molecule has 12 aromatic rings. The second-order valence-corrected chi connectivity index (χ2v) is 17.2. The number of hydrogen-bond donors (Lipinski definition) is 0. The summed E-state index contributed by atoms with van der Waals surface area (Å²) in [5, 5.41) is 7.24. The van der Waals surface area contributed by atoms with Crippen LogP contribution in [0.25, 0.3) is 119 Å². The molecular weight excluding hydrogens is 767 g/mol. The van der Waals surface area contributed by atoms with Crippen molar-refractivity contribution in [2.75, 3.05) is 0 Å². The first-order chi connectivity index (χ1) is 29.7. The van der Waals surface area contributed by atoms with Crippen LogP contribution in [0.4, 0.5) is 0 Å². The predicted octanol–water partition coefficient (Wildman–Crippen LogP) is 15.8. The number of benzene rings is 9. The maximum absolute atomic E-state index is 5.59. The van der Waals surface area contributed by atoms with Crippen molar-refractivity contribution in [3.8, 4) is 67.5 Å². The molecule has 0 saturated heterocycles. The minimum atomic E-state index is 0.632. The third kappa shape index (κ3) is 5.74. The lowest BCUT2D eigenvalue weighted by atomic mass is 9.86. The van der Waals surface area contributed by atoms with Crippen molar-refractivity contribution in [3.63, 3.8) is 0 Å². The Morgan fingerprint density at radius 3 is 1.37 bits per heavy atom. The molecule has 0 saturated carbocycles. The van der Waals surface area contributed by atoms with Gasteiger partial charge in [-0.25, -0.2) is 15.0 Å². The summed E-state index contributed by atoms with van der Waals surface area (Å²) in [6, 6.07) is 71.6. The van der Waals surface area contributed by atoms with E-state index in [9.17, 15) is 0 Å². The van der Waals surface area contributed by atoms with Gasteiger partial charge in [-0.05, 0) is 80.6 Å². The topological polar surface area (TPSA) is 38.7 Å². The zero-order valence-electron chi connectivity index (χ0n) is 32.2. The fraction of sp³-hybridized carbons (Fsp3) is 0. The summed E-state index contributed by atoms with van der Waals surface area (Å²) in [4.78, 5) is 16.6. The van der Waals surface area contributed by atoms with E-state index in [0.717, 1.165) is 50.1 Å². The average molecular weight is 800 g/mol. The van der Waals surface area contributed by atoms with Crippen molar-refractivity contribution < 1.29 is 0 Å². The molecule has 3 nitrogen and oxygen atoms in total. The lowest BCUT2D eigenvalue weighted by Gasteiger charge is -2.20. The van der Waals surface area contributed by atoms with Crippen LogP contribution in [0, 0.1) is 0 Å². The molecule has 0 aliphatic carbocycles. The highest BCUT2D eigenvalue weighted by molar-refractivity contribution is 7.26. The Kier molecular flexibility index (Phi) is 8.22. The molecule has 0 aliphatic rings. The van der Waals surface area contributed by atoms with Crippen LogP contribution < -0.4 is 0 Å². The number of fused-ring (bicyclic) bond motifs is 7. The Balaban J connectivity index is 1.22. The lowest BCUT2D eigenvalue weighted by Crippen LogP contribution is -2.03. The summed E-state index contributed by atoms with van der Waals surface area (Å²) in [7, 11) is 0. The number of hydrogen-bond acceptors (Lipinski definition) is 5. The summed E-state index contributed by atoms with van der Waals surface area (Å²) < 4.78 is 4.81. The third-order valence-electron chi connectivity index (χ3n) is 11.6. The van der Waals surface area contributed by atoms with Crippen molar-refractivity contribution in [1.82, 2.24) is 15.0 Å². The standard InChI is InChI=1S/C55H33N3S2/c1-3-16-34(17-4-1)37-32-46(36-18-5-2-6-19-36)50(47(33-37)39-25-13-21-35-20-7-8-22-38(35)39)55-57-53(44-28-14-26-42-40-23-9-11-30-48(40)59-51(42)44)56-54(58-55)45-29-15-27-43-41-24-10-12-31-49(41)60-52(43)45/h1-33H. The molecule has 0 amide bonds. The highest BCUT2D eigenvalue weighted by atomic mass is 32.1. The van der Waals surface area contributed by atoms with Gasteiger partial charge in [0.05, 0.1) is 0 Å². The summed E-state index contributed by atoms with van der Waals surface area (Å²) in [5.41, 5.74) is 9.57. The van der Waals surface area contributed by atoms with E-state index >= 15 is 0 Å². The van der Waals surface area contributed by atoms with Crippen LogP contribution in [-0.2, 0) is 0 Å². The molecule has 0 bridgehead atoms. The third-order valence-corrected chi connectivity index (χ3v) is 14.0. The molecule has 12 rings (SSSR count). The number of aromatic nitrogens is 3. The first-order valence-electron chi connectivity index (χ1n) is 20.1. The van der Waals surface area contributed by atoms with Gasteiger partial charge in [-0.2, -0.15) is 0 Å². The zero-order chi connectivity index (χ0) is 39.6. The van der Waals surface area contributed by atoms with Gasteiger partial charge in [-0.3, -0.25) is 0 Å². The van der Waals surface area contributed by atoms with Crippen molar-refractivity contribution in [1.29, 1.82) is 0 Å². The van der Waals surface area contributed by atoms with E-state index in [1.807, 2.05) is 0 Å². The highest BCUT2D eigenvalue weighted by Crippen LogP contribution is 2.47. The first-order valence-corrected chi connectivity index (χ1v) is 21.7. The molecule has 5 heteroatoms. The maximum Gasteiger partial charge on any atom is 0.165 e. The molecule has 0 atom stereocenters. The fourth-order valence-electron chi connectivity index (χ4n) is 8.77. The van der Waals surface area contributed by atoms with E-state index in [1.54, 1.807) is 22.7 Å². The predicted molar refractivity (Wildman–Crippen MR) is 256 cm³/mol. The summed E-state index contributed by atoms with van der Waals surface area (Å²) >= 11 is 3.59. The van der Waals surface area contributed by atoms with Gasteiger partial charge in [0.2, 0.25) is 0 Å². The molecule has 0 unspecified atom stereocenters. The van der Waals surface area contributed by atoms with Crippen LogP contribution in [0.15, 0.2) is 200 Å². The van der Waals surface area contributed by atoms with E-state index in [1.165, 1.54) is 51.1 Å². The molecule has 0 radical (unpaired) electrons. The van der Waals surface area contributed by atoms with Gasteiger partial charge in [-0.1, -0.05) is 164 Å². The van der Waals surface area contributed by atoms with Crippen molar-refractivity contribution in [2.45, 2.75) is 0 Å². The second-order valence-electron chi connectivity index (χ2n) is 15.1. The van der Waals surface area contributed by atoms with Crippen LogP contribution in [-0.4, -0.2) is 15.0 Å². The normalized spacial score (nSPS) is 11.7. The Morgan fingerprint density at radius 2 is 0.733 bits per heavy atom. The Bertz CT molecular complexity index is 3470. The SMILES string of the molecule is c1ccc(-c2cc(-c3ccccc3)c(-c3nc(-c4cccc5c4sc4ccccc45)nc(-c4cccc5c4sc4ccccc45)n3)c(-c3cccc4ccccc34)c2)cc1. The van der Waals surface area contributed by atoms with Gasteiger partial charge in [0.15, 0.2) is 17.5 Å². The fourth-order valence-corrected chi connectivity index (χ4v) is 11.2. The first kappa shape index (κ1) is 34.7. The van der Waals surface area contributed by atoms with Crippen LogP contribution in [0.3, 0.4) is 0 Å². The number of rotatable bonds is 6. The van der Waals surface area contributed by atoms with Crippen LogP contribution >= 0.6 is 22.7 Å². The van der Waals surface area contributed by atoms with Crippen LogP contribution in [0.2, 0.25) is 0 Å². The average Bonchev–Trinajstić information content (AvgIpc) is 3.90. The van der Waals surface area contributed by atoms with E-state index < -0.39 is 0 Å². The Morgan fingerprint density at radius 1 is 0.283 bits per heavy atom. The van der Waals surface area contributed by atoms with Crippen molar-refractivity contribution in [2.24, 2.45) is 0 Å².